The van der Waals surface area contributed by atoms with Crippen LogP contribution in [0.4, 0.5) is 18.0 Å². The van der Waals surface area contributed by atoms with E-state index < -0.39 is 40.3 Å². The lowest BCUT2D eigenvalue weighted by atomic mass is 9.93. The molecule has 3 heterocycles. The van der Waals surface area contributed by atoms with Crippen molar-refractivity contribution in [3.8, 4) is 5.75 Å². The van der Waals surface area contributed by atoms with E-state index >= 15 is 0 Å². The summed E-state index contributed by atoms with van der Waals surface area (Å²) >= 11 is 6.00. The molecule has 0 saturated carbocycles. The lowest BCUT2D eigenvalue weighted by Gasteiger charge is -2.42. The molecule has 0 unspecified atom stereocenters. The fraction of sp³-hybridized carbons (Fsp3) is 0.567. The Balaban J connectivity index is 1.33. The number of carbonyl (C=O) groups is 1. The van der Waals surface area contributed by atoms with Gasteiger partial charge in [0.1, 0.15) is 12.4 Å². The van der Waals surface area contributed by atoms with Crippen molar-refractivity contribution in [2.45, 2.75) is 80.7 Å². The van der Waals surface area contributed by atoms with Crippen LogP contribution in [0.15, 0.2) is 53.4 Å². The molecule has 3 saturated heterocycles. The Kier molecular flexibility index (Phi) is 10.1. The molecule has 3 aliphatic rings. The first-order valence-electron chi connectivity index (χ1n) is 14.8. The molecule has 0 bridgehead atoms. The van der Waals surface area contributed by atoms with Gasteiger partial charge >= 0.3 is 12.5 Å². The number of piperidine rings is 3. The summed E-state index contributed by atoms with van der Waals surface area (Å²) in [6.45, 7) is 3.17. The molecule has 3 fully saturated rings. The van der Waals surface area contributed by atoms with Crippen LogP contribution in [0.2, 0.25) is 5.02 Å². The molecule has 3 aliphatic heterocycles. The molecule has 5 rings (SSSR count). The topological polar surface area (TPSA) is 79.4 Å². The third kappa shape index (κ3) is 7.95. The number of likely N-dealkylation sites (tertiary alicyclic amines) is 2. The summed E-state index contributed by atoms with van der Waals surface area (Å²) in [7, 11) is -4.16. The summed E-state index contributed by atoms with van der Waals surface area (Å²) in [5.74, 6) is -0.435. The van der Waals surface area contributed by atoms with Gasteiger partial charge in [0.15, 0.2) is 0 Å². The second-order valence-electron chi connectivity index (χ2n) is 11.4. The van der Waals surface area contributed by atoms with Crippen LogP contribution in [0.1, 0.15) is 63.0 Å². The SMILES string of the molecule is O=C(OC[C@@H]1CCC[C@H](c2cccc(OC(F)(F)F)c2)N1S(=O)(=O)c1ccc(Cl)cc1)N1CCC(N2CCCCC2)CC1. The van der Waals surface area contributed by atoms with E-state index in [2.05, 4.69) is 9.64 Å². The summed E-state index contributed by atoms with van der Waals surface area (Å²) in [5, 5.41) is 0.362. The van der Waals surface area contributed by atoms with Crippen molar-refractivity contribution in [1.82, 2.24) is 14.1 Å². The summed E-state index contributed by atoms with van der Waals surface area (Å²) < 4.78 is 78.1. The number of amides is 1. The van der Waals surface area contributed by atoms with E-state index in [4.69, 9.17) is 16.3 Å². The van der Waals surface area contributed by atoms with Crippen LogP contribution in [-0.4, -0.2) is 79.8 Å². The van der Waals surface area contributed by atoms with Crippen LogP contribution in [0, 0.1) is 0 Å². The largest absolute Gasteiger partial charge is 0.573 e. The van der Waals surface area contributed by atoms with Crippen molar-refractivity contribution < 1.29 is 35.9 Å². The average Bonchev–Trinajstić information content (AvgIpc) is 2.99. The van der Waals surface area contributed by atoms with Crippen molar-refractivity contribution >= 4 is 27.7 Å². The van der Waals surface area contributed by atoms with Crippen molar-refractivity contribution in [3.05, 3.63) is 59.1 Å². The summed E-state index contributed by atoms with van der Waals surface area (Å²) in [6, 6.07) is 10.0. The van der Waals surface area contributed by atoms with Crippen LogP contribution < -0.4 is 4.74 Å². The predicted octanol–water partition coefficient (Wildman–Crippen LogP) is 6.61. The van der Waals surface area contributed by atoms with E-state index in [1.807, 2.05) is 0 Å². The zero-order valence-electron chi connectivity index (χ0n) is 23.8. The van der Waals surface area contributed by atoms with Gasteiger partial charge in [0.05, 0.1) is 17.0 Å². The van der Waals surface area contributed by atoms with E-state index in [1.165, 1.54) is 66.0 Å². The Morgan fingerprint density at radius 3 is 2.28 bits per heavy atom. The van der Waals surface area contributed by atoms with Crippen LogP contribution in [0.5, 0.6) is 5.75 Å². The third-order valence-corrected chi connectivity index (χ3v) is 10.8. The molecule has 236 valence electrons. The Hall–Kier alpha value is -2.54. The highest BCUT2D eigenvalue weighted by molar-refractivity contribution is 7.89. The molecule has 0 N–H and O–H groups in total. The number of hydrogen-bond acceptors (Lipinski definition) is 6. The van der Waals surface area contributed by atoms with Gasteiger partial charge in [0, 0.05) is 24.2 Å². The number of sulfonamides is 1. The molecule has 0 radical (unpaired) electrons. The standard InChI is InChI=1S/C30H37ClF3N3O5S/c31-23-10-12-27(13-11-23)43(39,40)37-25(7-5-9-28(37)22-6-4-8-26(20-22)42-30(32,33)34)21-41-29(38)36-18-14-24(15-19-36)35-16-2-1-3-17-35/h4,6,8,10-13,20,24-25,28H,1-3,5,7,9,14-19,21H2/t25-,28+/m0/s1. The minimum Gasteiger partial charge on any atom is -0.448 e. The number of nitrogens with zero attached hydrogens (tertiary/aromatic N) is 3. The first kappa shape index (κ1) is 31.9. The maximum atomic E-state index is 14.1. The highest BCUT2D eigenvalue weighted by Gasteiger charge is 2.42. The molecule has 2 atom stereocenters. The quantitative estimate of drug-likeness (QED) is 0.338. The summed E-state index contributed by atoms with van der Waals surface area (Å²) in [6.07, 6.45) is 1.43. The number of alkyl halides is 3. The molecule has 2 aromatic rings. The molecular formula is C30H37ClF3N3O5S. The van der Waals surface area contributed by atoms with E-state index in [-0.39, 0.29) is 11.5 Å². The predicted molar refractivity (Wildman–Crippen MR) is 155 cm³/mol. The smallest absolute Gasteiger partial charge is 0.448 e. The number of ether oxygens (including phenoxy) is 2. The van der Waals surface area contributed by atoms with Crippen molar-refractivity contribution in [2.24, 2.45) is 0 Å². The Morgan fingerprint density at radius 2 is 1.60 bits per heavy atom. The van der Waals surface area contributed by atoms with Crippen LogP contribution in [0.3, 0.4) is 0 Å². The van der Waals surface area contributed by atoms with E-state index in [0.29, 0.717) is 49.0 Å². The Bertz CT molecular complexity index is 1350. The average molecular weight is 644 g/mol. The van der Waals surface area contributed by atoms with Gasteiger partial charge in [-0.2, -0.15) is 4.31 Å². The van der Waals surface area contributed by atoms with Gasteiger partial charge in [-0.3, -0.25) is 0 Å². The van der Waals surface area contributed by atoms with Gasteiger partial charge in [-0.15, -0.1) is 13.2 Å². The van der Waals surface area contributed by atoms with Gasteiger partial charge in [-0.05, 0) is 100.0 Å². The van der Waals surface area contributed by atoms with Gasteiger partial charge in [-0.25, -0.2) is 13.2 Å². The molecule has 0 aliphatic carbocycles. The van der Waals surface area contributed by atoms with Crippen molar-refractivity contribution in [3.63, 3.8) is 0 Å². The van der Waals surface area contributed by atoms with Gasteiger partial charge in [0.25, 0.3) is 0 Å². The number of hydrogen-bond donors (Lipinski definition) is 0. The highest BCUT2D eigenvalue weighted by Crippen LogP contribution is 2.40. The highest BCUT2D eigenvalue weighted by atomic mass is 35.5. The molecule has 1 amide bonds. The zero-order chi connectivity index (χ0) is 30.6. The monoisotopic (exact) mass is 643 g/mol. The zero-order valence-corrected chi connectivity index (χ0v) is 25.4. The Labute approximate surface area is 255 Å². The van der Waals surface area contributed by atoms with Crippen LogP contribution in [-0.2, 0) is 14.8 Å². The van der Waals surface area contributed by atoms with Gasteiger partial charge in [0.2, 0.25) is 10.0 Å². The molecular weight excluding hydrogens is 607 g/mol. The first-order valence-corrected chi connectivity index (χ1v) is 16.6. The number of carbonyl (C=O) groups excluding carboxylic acids is 1. The number of benzene rings is 2. The van der Waals surface area contributed by atoms with Crippen molar-refractivity contribution in [2.75, 3.05) is 32.8 Å². The molecule has 13 heteroatoms. The minimum absolute atomic E-state index is 0.0115. The molecule has 0 aromatic heterocycles. The lowest BCUT2D eigenvalue weighted by Crippen LogP contribution is -2.50. The van der Waals surface area contributed by atoms with Crippen LogP contribution in [0.25, 0.3) is 0 Å². The van der Waals surface area contributed by atoms with E-state index in [1.54, 1.807) is 11.0 Å². The maximum absolute atomic E-state index is 14.1. The fourth-order valence-corrected chi connectivity index (χ4v) is 8.46. The maximum Gasteiger partial charge on any atom is 0.573 e. The van der Waals surface area contributed by atoms with E-state index in [9.17, 15) is 26.4 Å². The van der Waals surface area contributed by atoms with Gasteiger partial charge < -0.3 is 19.3 Å². The summed E-state index contributed by atoms with van der Waals surface area (Å²) in [5.41, 5.74) is 0.357. The molecule has 2 aromatic carbocycles. The minimum atomic E-state index is -4.89. The second-order valence-corrected chi connectivity index (χ2v) is 13.7. The summed E-state index contributed by atoms with van der Waals surface area (Å²) in [4.78, 5) is 17.3. The fourth-order valence-electron chi connectivity index (χ4n) is 6.49. The molecule has 8 nitrogen and oxygen atoms in total. The molecule has 0 spiro atoms. The molecule has 43 heavy (non-hydrogen) atoms. The van der Waals surface area contributed by atoms with E-state index in [0.717, 1.165) is 25.9 Å². The normalized spacial score (nSPS) is 23.2. The Morgan fingerprint density at radius 1 is 0.907 bits per heavy atom. The third-order valence-electron chi connectivity index (χ3n) is 8.58. The van der Waals surface area contributed by atoms with Crippen molar-refractivity contribution in [1.29, 1.82) is 0 Å². The second kappa shape index (κ2) is 13.6. The first-order chi connectivity index (χ1) is 20.5. The van der Waals surface area contributed by atoms with Gasteiger partial charge in [-0.1, -0.05) is 30.2 Å². The lowest BCUT2D eigenvalue weighted by molar-refractivity contribution is -0.274. The van der Waals surface area contributed by atoms with Crippen LogP contribution >= 0.6 is 11.6 Å². The number of rotatable bonds is 7. The number of halogens is 4.